The largest absolute Gasteiger partial charge is 0.364 e. The van der Waals surface area contributed by atoms with Crippen molar-refractivity contribution in [2.75, 3.05) is 6.54 Å². The second-order valence-electron chi connectivity index (χ2n) is 8.25. The van der Waals surface area contributed by atoms with E-state index >= 15 is 0 Å². The van der Waals surface area contributed by atoms with Gasteiger partial charge in [0.15, 0.2) is 5.78 Å². The van der Waals surface area contributed by atoms with Crippen molar-refractivity contribution in [2.24, 2.45) is 11.8 Å². The van der Waals surface area contributed by atoms with Gasteiger partial charge in [-0.15, -0.1) is 0 Å². The Balaban J connectivity index is 2.48. The van der Waals surface area contributed by atoms with E-state index in [4.69, 9.17) is 11.6 Å². The van der Waals surface area contributed by atoms with Crippen LogP contribution in [0.5, 0.6) is 0 Å². The Labute approximate surface area is 190 Å². The summed E-state index contributed by atoms with van der Waals surface area (Å²) in [7, 11) is -4.53. The summed E-state index contributed by atoms with van der Waals surface area (Å²) in [5.74, 6) is -1.11. The number of nitrogens with zero attached hydrogens (tertiary/aromatic N) is 1. The average Bonchev–Trinajstić information content (AvgIpc) is 2.73. The standard InChI is InChI=1S/C22H33ClN2O5S/c1-4-15-24-21(27)25(31(29,30)18-13-11-17(23)12-14-18)22(3,28)20(26)19(5-2)16-9-7-6-8-10-16/h11-14,16,19,28H,4-10,15H2,1-3H3,(H,24,27). The van der Waals surface area contributed by atoms with Gasteiger partial charge in [0.1, 0.15) is 0 Å². The summed E-state index contributed by atoms with van der Waals surface area (Å²) < 4.78 is 27.1. The molecule has 0 bridgehead atoms. The minimum atomic E-state index is -4.53. The lowest BCUT2D eigenvalue weighted by molar-refractivity contribution is -0.151. The van der Waals surface area contributed by atoms with E-state index in [1.54, 1.807) is 0 Å². The second kappa shape index (κ2) is 10.8. The van der Waals surface area contributed by atoms with Crippen molar-refractivity contribution in [1.82, 2.24) is 9.62 Å². The Bertz CT molecular complexity index is 864. The van der Waals surface area contributed by atoms with Gasteiger partial charge in [0.05, 0.1) is 4.90 Å². The van der Waals surface area contributed by atoms with Crippen molar-refractivity contribution >= 4 is 33.4 Å². The number of ketones is 1. The third-order valence-corrected chi connectivity index (χ3v) is 8.04. The maximum atomic E-state index is 13.5. The first kappa shape index (κ1) is 25.6. The number of aliphatic hydroxyl groups is 1. The van der Waals surface area contributed by atoms with Gasteiger partial charge < -0.3 is 10.4 Å². The molecule has 31 heavy (non-hydrogen) atoms. The summed E-state index contributed by atoms with van der Waals surface area (Å²) in [4.78, 5) is 26.2. The number of halogens is 1. The first-order valence-corrected chi connectivity index (χ1v) is 12.7. The van der Waals surface area contributed by atoms with E-state index in [1.807, 2.05) is 13.8 Å². The number of amides is 2. The molecule has 0 saturated heterocycles. The maximum Gasteiger partial charge on any atom is 0.334 e. The highest BCUT2D eigenvalue weighted by molar-refractivity contribution is 7.89. The monoisotopic (exact) mass is 472 g/mol. The predicted molar refractivity (Wildman–Crippen MR) is 120 cm³/mol. The fourth-order valence-electron chi connectivity index (χ4n) is 4.28. The lowest BCUT2D eigenvalue weighted by Crippen LogP contribution is -2.62. The van der Waals surface area contributed by atoms with Crippen LogP contribution in [0.4, 0.5) is 4.79 Å². The van der Waals surface area contributed by atoms with Crippen LogP contribution < -0.4 is 5.32 Å². The zero-order valence-corrected chi connectivity index (χ0v) is 20.0. The zero-order chi connectivity index (χ0) is 23.2. The van der Waals surface area contributed by atoms with Crippen LogP contribution >= 0.6 is 11.6 Å². The third-order valence-electron chi connectivity index (χ3n) is 5.92. The van der Waals surface area contributed by atoms with Crippen LogP contribution in [0.15, 0.2) is 29.2 Å². The van der Waals surface area contributed by atoms with Crippen molar-refractivity contribution < 1.29 is 23.1 Å². The Morgan fingerprint density at radius 3 is 2.29 bits per heavy atom. The molecule has 0 spiro atoms. The second-order valence-corrected chi connectivity index (χ2v) is 10.5. The van der Waals surface area contributed by atoms with Crippen LogP contribution in [0, 0.1) is 11.8 Å². The molecule has 0 radical (unpaired) electrons. The Morgan fingerprint density at radius 1 is 1.19 bits per heavy atom. The van der Waals surface area contributed by atoms with Gasteiger partial charge in [0, 0.05) is 17.5 Å². The SMILES string of the molecule is CCCNC(=O)N(C(C)(O)C(=O)C(CC)C1CCCCC1)S(=O)(=O)c1ccc(Cl)cc1. The Morgan fingerprint density at radius 2 is 1.77 bits per heavy atom. The number of carbonyl (C=O) groups is 2. The molecule has 2 amide bonds. The molecule has 7 nitrogen and oxygen atoms in total. The van der Waals surface area contributed by atoms with Gasteiger partial charge in [-0.1, -0.05) is 44.7 Å². The molecule has 1 aromatic rings. The normalized spacial score (nSPS) is 18.1. The topological polar surface area (TPSA) is 104 Å². The van der Waals surface area contributed by atoms with Crippen LogP contribution in [0.2, 0.25) is 5.02 Å². The van der Waals surface area contributed by atoms with E-state index in [9.17, 15) is 23.1 Å². The van der Waals surface area contributed by atoms with Gasteiger partial charge in [-0.3, -0.25) is 4.79 Å². The highest BCUT2D eigenvalue weighted by atomic mass is 35.5. The summed E-state index contributed by atoms with van der Waals surface area (Å²) in [6.45, 7) is 4.97. The molecule has 0 heterocycles. The van der Waals surface area contributed by atoms with E-state index in [0.29, 0.717) is 22.2 Å². The molecule has 1 aromatic carbocycles. The molecule has 0 aromatic heterocycles. The minimum Gasteiger partial charge on any atom is -0.364 e. The molecule has 174 valence electrons. The molecule has 2 unspecified atom stereocenters. The molecule has 1 saturated carbocycles. The van der Waals surface area contributed by atoms with Gasteiger partial charge in [-0.2, -0.15) is 4.31 Å². The fraction of sp³-hybridized carbons (Fsp3) is 0.636. The smallest absolute Gasteiger partial charge is 0.334 e. The molecule has 1 aliphatic carbocycles. The van der Waals surface area contributed by atoms with E-state index in [2.05, 4.69) is 5.32 Å². The Hall–Kier alpha value is -1.64. The molecular formula is C22H33ClN2O5S. The number of urea groups is 1. The molecule has 9 heteroatoms. The number of carbonyl (C=O) groups excluding carboxylic acids is 2. The third kappa shape index (κ3) is 5.79. The van der Waals surface area contributed by atoms with Crippen LogP contribution in [-0.4, -0.2) is 41.9 Å². The molecule has 2 atom stereocenters. The van der Waals surface area contributed by atoms with Crippen molar-refractivity contribution in [1.29, 1.82) is 0 Å². The lowest BCUT2D eigenvalue weighted by Gasteiger charge is -2.39. The summed E-state index contributed by atoms with van der Waals surface area (Å²) in [6.07, 6.45) is 5.84. The fourth-order valence-corrected chi connectivity index (χ4v) is 5.93. The van der Waals surface area contributed by atoms with Crippen LogP contribution in [0.1, 0.15) is 65.7 Å². The minimum absolute atomic E-state index is 0.0662. The summed E-state index contributed by atoms with van der Waals surface area (Å²) in [6, 6.07) is 4.22. The van der Waals surface area contributed by atoms with Crippen molar-refractivity contribution in [3.05, 3.63) is 29.3 Å². The number of hydrogen-bond acceptors (Lipinski definition) is 5. The van der Waals surface area contributed by atoms with Gasteiger partial charge in [0.2, 0.25) is 5.72 Å². The summed E-state index contributed by atoms with van der Waals surface area (Å²) in [5, 5.41) is 14.1. The van der Waals surface area contributed by atoms with E-state index in [-0.39, 0.29) is 17.4 Å². The van der Waals surface area contributed by atoms with Crippen LogP contribution in [0.3, 0.4) is 0 Å². The van der Waals surface area contributed by atoms with Gasteiger partial charge in [-0.05, 0) is 62.8 Å². The molecule has 1 fully saturated rings. The molecule has 0 aliphatic heterocycles. The molecule has 2 N–H and O–H groups in total. The van der Waals surface area contributed by atoms with E-state index in [1.165, 1.54) is 24.3 Å². The van der Waals surface area contributed by atoms with Crippen LogP contribution in [0.25, 0.3) is 0 Å². The summed E-state index contributed by atoms with van der Waals surface area (Å²) >= 11 is 5.87. The van der Waals surface area contributed by atoms with Gasteiger partial charge >= 0.3 is 6.03 Å². The van der Waals surface area contributed by atoms with Gasteiger partial charge in [-0.25, -0.2) is 13.2 Å². The van der Waals surface area contributed by atoms with Crippen molar-refractivity contribution in [3.8, 4) is 0 Å². The van der Waals surface area contributed by atoms with E-state index < -0.39 is 33.5 Å². The summed E-state index contributed by atoms with van der Waals surface area (Å²) in [5.41, 5.74) is -2.53. The molecule has 2 rings (SSSR count). The lowest BCUT2D eigenvalue weighted by atomic mass is 9.75. The number of Topliss-reactive ketones (excluding diaryl/α,β-unsaturated/α-hetero) is 1. The first-order valence-electron chi connectivity index (χ1n) is 10.9. The first-order chi connectivity index (χ1) is 14.6. The highest BCUT2D eigenvalue weighted by Crippen LogP contribution is 2.36. The Kier molecular flexibility index (Phi) is 8.92. The number of sulfonamides is 1. The van der Waals surface area contributed by atoms with Gasteiger partial charge in [0.25, 0.3) is 10.0 Å². The number of rotatable bonds is 9. The maximum absolute atomic E-state index is 13.5. The van der Waals surface area contributed by atoms with E-state index in [0.717, 1.165) is 39.0 Å². The highest BCUT2D eigenvalue weighted by Gasteiger charge is 2.50. The molecule has 1 aliphatic rings. The van der Waals surface area contributed by atoms with Crippen molar-refractivity contribution in [3.63, 3.8) is 0 Å². The number of benzene rings is 1. The van der Waals surface area contributed by atoms with Crippen LogP contribution in [-0.2, 0) is 14.8 Å². The quantitative estimate of drug-likeness (QED) is 0.520. The zero-order valence-electron chi connectivity index (χ0n) is 18.4. The van der Waals surface area contributed by atoms with Crippen molar-refractivity contribution in [2.45, 2.75) is 76.3 Å². The molecular weight excluding hydrogens is 440 g/mol. The average molecular weight is 473 g/mol. The number of nitrogens with one attached hydrogen (secondary N) is 1. The number of hydrogen-bond donors (Lipinski definition) is 2. The predicted octanol–water partition coefficient (Wildman–Crippen LogP) is 4.33.